The third kappa shape index (κ3) is 4.96. The molecule has 1 spiro atoms. The van der Waals surface area contributed by atoms with E-state index in [2.05, 4.69) is 32.6 Å². The molecule has 2 fully saturated rings. The van der Waals surface area contributed by atoms with Crippen LogP contribution in [0.3, 0.4) is 0 Å². The SMILES string of the molecule is Cc1ccc(Oc2cccc(C3COC4(CCN(C(=O)Nc5cccnn5)CC4)C3)c2)nc1. The number of carbonyl (C=O) groups excluding carboxylic acids is 1. The summed E-state index contributed by atoms with van der Waals surface area (Å²) in [4.78, 5) is 18.7. The van der Waals surface area contributed by atoms with Crippen LogP contribution in [0.15, 0.2) is 60.9 Å². The largest absolute Gasteiger partial charge is 0.439 e. The first-order valence-electron chi connectivity index (χ1n) is 11.3. The van der Waals surface area contributed by atoms with Crippen LogP contribution in [0.2, 0.25) is 0 Å². The molecular weight excluding hydrogens is 418 g/mol. The van der Waals surface area contributed by atoms with Crippen LogP contribution in [0.1, 0.15) is 36.3 Å². The molecule has 5 rings (SSSR count). The minimum Gasteiger partial charge on any atom is -0.439 e. The molecule has 2 aliphatic rings. The van der Waals surface area contributed by atoms with Crippen LogP contribution in [-0.2, 0) is 4.74 Å². The second kappa shape index (κ2) is 9.15. The molecule has 0 bridgehead atoms. The average molecular weight is 446 g/mol. The third-order valence-corrected chi connectivity index (χ3v) is 6.41. The molecule has 2 aromatic heterocycles. The van der Waals surface area contributed by atoms with Gasteiger partial charge in [0.2, 0.25) is 5.88 Å². The first-order chi connectivity index (χ1) is 16.1. The van der Waals surface area contributed by atoms with E-state index in [1.54, 1.807) is 24.5 Å². The summed E-state index contributed by atoms with van der Waals surface area (Å²) in [5.41, 5.74) is 2.13. The van der Waals surface area contributed by atoms with Gasteiger partial charge in [-0.1, -0.05) is 18.2 Å². The Balaban J connectivity index is 1.18. The van der Waals surface area contributed by atoms with E-state index < -0.39 is 0 Å². The molecular formula is C25H27N5O3. The number of anilines is 1. The summed E-state index contributed by atoms with van der Waals surface area (Å²) in [5, 5.41) is 10.5. The average Bonchev–Trinajstić information content (AvgIpc) is 3.25. The number of piperidine rings is 1. The maximum absolute atomic E-state index is 12.5. The van der Waals surface area contributed by atoms with Gasteiger partial charge in [0.1, 0.15) is 5.75 Å². The van der Waals surface area contributed by atoms with E-state index in [1.807, 2.05) is 36.1 Å². The summed E-state index contributed by atoms with van der Waals surface area (Å²) in [5.74, 6) is 2.13. The molecule has 33 heavy (non-hydrogen) atoms. The summed E-state index contributed by atoms with van der Waals surface area (Å²) in [6, 6.07) is 15.4. The molecule has 8 nitrogen and oxygen atoms in total. The van der Waals surface area contributed by atoms with Gasteiger partial charge in [0, 0.05) is 37.5 Å². The zero-order valence-corrected chi connectivity index (χ0v) is 18.6. The summed E-state index contributed by atoms with van der Waals surface area (Å²) in [7, 11) is 0. The van der Waals surface area contributed by atoms with Crippen molar-refractivity contribution in [3.63, 3.8) is 0 Å². The van der Waals surface area contributed by atoms with Gasteiger partial charge in [-0.15, -0.1) is 5.10 Å². The monoisotopic (exact) mass is 445 g/mol. The van der Waals surface area contributed by atoms with Gasteiger partial charge in [-0.3, -0.25) is 5.32 Å². The van der Waals surface area contributed by atoms with Crippen LogP contribution in [0.5, 0.6) is 11.6 Å². The van der Waals surface area contributed by atoms with Crippen molar-refractivity contribution >= 4 is 11.8 Å². The van der Waals surface area contributed by atoms with Crippen molar-refractivity contribution in [3.05, 3.63) is 72.1 Å². The second-order valence-corrected chi connectivity index (χ2v) is 8.77. The minimum absolute atomic E-state index is 0.144. The highest BCUT2D eigenvalue weighted by Gasteiger charge is 2.43. The Morgan fingerprint density at radius 2 is 2.06 bits per heavy atom. The van der Waals surface area contributed by atoms with E-state index >= 15 is 0 Å². The third-order valence-electron chi connectivity index (χ3n) is 6.41. The topological polar surface area (TPSA) is 89.5 Å². The molecule has 2 aliphatic heterocycles. The van der Waals surface area contributed by atoms with Crippen LogP contribution in [0.25, 0.3) is 0 Å². The Hall–Kier alpha value is -3.52. The van der Waals surface area contributed by atoms with Crippen molar-refractivity contribution in [3.8, 4) is 11.6 Å². The lowest BCUT2D eigenvalue weighted by Gasteiger charge is -2.38. The van der Waals surface area contributed by atoms with Crippen molar-refractivity contribution in [1.29, 1.82) is 0 Å². The molecule has 0 aliphatic carbocycles. The van der Waals surface area contributed by atoms with Gasteiger partial charge in [0.15, 0.2) is 5.82 Å². The normalized spacial score (nSPS) is 19.4. The minimum atomic E-state index is -0.177. The Labute approximate surface area is 193 Å². The van der Waals surface area contributed by atoms with Crippen LogP contribution >= 0.6 is 0 Å². The summed E-state index contributed by atoms with van der Waals surface area (Å²) < 4.78 is 12.3. The summed E-state index contributed by atoms with van der Waals surface area (Å²) >= 11 is 0. The maximum atomic E-state index is 12.5. The quantitative estimate of drug-likeness (QED) is 0.634. The lowest BCUT2D eigenvalue weighted by atomic mass is 9.83. The van der Waals surface area contributed by atoms with Gasteiger partial charge in [0.05, 0.1) is 12.2 Å². The van der Waals surface area contributed by atoms with Gasteiger partial charge < -0.3 is 14.4 Å². The standard InChI is InChI=1S/C25H27N5O3/c1-18-7-8-23(26-16-18)33-21-5-2-4-19(14-21)20-15-25(32-17-20)9-12-30(13-10-25)24(31)28-22-6-3-11-27-29-22/h2-8,11,14,16,20H,9-10,12-13,15,17H2,1H3,(H,28,29,31). The fourth-order valence-electron chi connectivity index (χ4n) is 4.55. The number of aromatic nitrogens is 3. The van der Waals surface area contributed by atoms with Gasteiger partial charge >= 0.3 is 6.03 Å². The molecule has 1 aromatic carbocycles. The summed E-state index contributed by atoms with van der Waals surface area (Å²) in [6.07, 6.45) is 5.96. The van der Waals surface area contributed by atoms with E-state index in [0.717, 1.165) is 30.6 Å². The lowest BCUT2D eigenvalue weighted by Crippen LogP contribution is -2.47. The number of amides is 2. The van der Waals surface area contributed by atoms with E-state index in [0.29, 0.717) is 37.3 Å². The van der Waals surface area contributed by atoms with Crippen LogP contribution < -0.4 is 10.1 Å². The molecule has 8 heteroatoms. The molecule has 0 saturated carbocycles. The molecule has 170 valence electrons. The smallest absolute Gasteiger partial charge is 0.323 e. The molecule has 2 amide bonds. The van der Waals surface area contributed by atoms with Crippen molar-refractivity contribution in [2.24, 2.45) is 0 Å². The van der Waals surface area contributed by atoms with E-state index in [9.17, 15) is 4.79 Å². The van der Waals surface area contributed by atoms with Crippen molar-refractivity contribution < 1.29 is 14.3 Å². The first-order valence-corrected chi connectivity index (χ1v) is 11.3. The van der Waals surface area contributed by atoms with E-state index in [4.69, 9.17) is 9.47 Å². The maximum Gasteiger partial charge on any atom is 0.323 e. The van der Waals surface area contributed by atoms with E-state index in [-0.39, 0.29) is 11.6 Å². The number of benzene rings is 1. The Morgan fingerprint density at radius 3 is 2.82 bits per heavy atom. The number of urea groups is 1. The highest BCUT2D eigenvalue weighted by Crippen LogP contribution is 2.43. The fourth-order valence-corrected chi connectivity index (χ4v) is 4.55. The molecule has 1 atom stereocenters. The fraction of sp³-hybridized carbons (Fsp3) is 0.360. The van der Waals surface area contributed by atoms with Crippen LogP contribution in [0.4, 0.5) is 10.6 Å². The molecule has 2 saturated heterocycles. The number of likely N-dealkylation sites (tertiary alicyclic amines) is 1. The highest BCUT2D eigenvalue weighted by atomic mass is 16.5. The number of nitrogens with zero attached hydrogens (tertiary/aromatic N) is 4. The highest BCUT2D eigenvalue weighted by molar-refractivity contribution is 5.88. The molecule has 1 unspecified atom stereocenters. The van der Waals surface area contributed by atoms with Crippen LogP contribution in [-0.4, -0.2) is 51.4 Å². The van der Waals surface area contributed by atoms with Crippen molar-refractivity contribution in [2.45, 2.75) is 37.7 Å². The number of aryl methyl sites for hydroxylation is 1. The summed E-state index contributed by atoms with van der Waals surface area (Å²) in [6.45, 7) is 3.99. The first kappa shape index (κ1) is 21.3. The zero-order valence-electron chi connectivity index (χ0n) is 18.6. The second-order valence-electron chi connectivity index (χ2n) is 8.77. The number of hydrogen-bond donors (Lipinski definition) is 1. The number of ether oxygens (including phenoxy) is 2. The predicted molar refractivity (Wildman–Crippen MR) is 123 cm³/mol. The molecule has 1 N–H and O–H groups in total. The molecule has 3 aromatic rings. The number of hydrogen-bond acceptors (Lipinski definition) is 6. The van der Waals surface area contributed by atoms with Crippen molar-refractivity contribution in [2.75, 3.05) is 25.0 Å². The Kier molecular flexibility index (Phi) is 5.92. The molecule has 0 radical (unpaired) electrons. The molecule has 4 heterocycles. The number of carbonyl (C=O) groups is 1. The van der Waals surface area contributed by atoms with Crippen molar-refractivity contribution in [1.82, 2.24) is 20.1 Å². The lowest BCUT2D eigenvalue weighted by molar-refractivity contribution is -0.0355. The Morgan fingerprint density at radius 1 is 1.18 bits per heavy atom. The number of nitrogens with one attached hydrogen (secondary N) is 1. The van der Waals surface area contributed by atoms with Gasteiger partial charge in [-0.05, 0) is 61.6 Å². The van der Waals surface area contributed by atoms with Gasteiger partial charge in [-0.25, -0.2) is 9.78 Å². The Bertz CT molecular complexity index is 1100. The van der Waals surface area contributed by atoms with E-state index in [1.165, 1.54) is 5.56 Å². The predicted octanol–water partition coefficient (Wildman–Crippen LogP) is 4.54. The zero-order chi connectivity index (χ0) is 22.7. The van der Waals surface area contributed by atoms with Crippen LogP contribution in [0, 0.1) is 6.92 Å². The number of rotatable bonds is 4. The van der Waals surface area contributed by atoms with Gasteiger partial charge in [-0.2, -0.15) is 5.10 Å². The van der Waals surface area contributed by atoms with Gasteiger partial charge in [0.25, 0.3) is 0 Å². The number of pyridine rings is 1.